The summed E-state index contributed by atoms with van der Waals surface area (Å²) in [4.78, 5) is 14.6. The molecule has 1 N–H and O–H groups in total. The van der Waals surface area contributed by atoms with Crippen LogP contribution in [0.1, 0.15) is 17.3 Å². The first-order valence-electron chi connectivity index (χ1n) is 6.90. The standard InChI is InChI=1S/C16H17BrN2O/c1-2-19(15-9-18-10-15)16(20)13-4-3-12-8-14(17)6-5-11(12)7-13/h3-8,15,18H,2,9-10H2,1H3. The Hall–Kier alpha value is -1.39. The molecule has 3 rings (SSSR count). The first kappa shape index (κ1) is 13.6. The average Bonchev–Trinajstić information content (AvgIpc) is 2.41. The Morgan fingerprint density at radius 1 is 1.25 bits per heavy atom. The van der Waals surface area contributed by atoms with Gasteiger partial charge in [0.2, 0.25) is 0 Å². The van der Waals surface area contributed by atoms with E-state index >= 15 is 0 Å². The number of hydrogen-bond donors (Lipinski definition) is 1. The number of hydrogen-bond acceptors (Lipinski definition) is 2. The van der Waals surface area contributed by atoms with Gasteiger partial charge in [0, 0.05) is 29.7 Å². The topological polar surface area (TPSA) is 32.3 Å². The van der Waals surface area contributed by atoms with E-state index in [9.17, 15) is 4.79 Å². The highest BCUT2D eigenvalue weighted by molar-refractivity contribution is 9.10. The SMILES string of the molecule is CCN(C(=O)c1ccc2cc(Br)ccc2c1)C1CNC1. The highest BCUT2D eigenvalue weighted by atomic mass is 79.9. The molecule has 0 atom stereocenters. The average molecular weight is 333 g/mol. The van der Waals surface area contributed by atoms with Crippen molar-refractivity contribution in [2.45, 2.75) is 13.0 Å². The van der Waals surface area contributed by atoms with Crippen LogP contribution in [0.2, 0.25) is 0 Å². The number of rotatable bonds is 3. The number of carbonyl (C=O) groups is 1. The summed E-state index contributed by atoms with van der Waals surface area (Å²) in [6.07, 6.45) is 0. The molecule has 3 nitrogen and oxygen atoms in total. The maximum Gasteiger partial charge on any atom is 0.254 e. The number of nitrogens with one attached hydrogen (secondary N) is 1. The second-order valence-corrected chi connectivity index (χ2v) is 6.03. The van der Waals surface area contributed by atoms with Crippen molar-refractivity contribution in [1.29, 1.82) is 0 Å². The van der Waals surface area contributed by atoms with Crippen LogP contribution >= 0.6 is 15.9 Å². The molecule has 20 heavy (non-hydrogen) atoms. The summed E-state index contributed by atoms with van der Waals surface area (Å²) in [6, 6.07) is 12.4. The third kappa shape index (κ3) is 2.45. The molecule has 1 aliphatic rings. The van der Waals surface area contributed by atoms with Gasteiger partial charge in [0.05, 0.1) is 6.04 Å². The minimum Gasteiger partial charge on any atom is -0.333 e. The van der Waals surface area contributed by atoms with Crippen molar-refractivity contribution in [3.05, 3.63) is 46.4 Å². The quantitative estimate of drug-likeness (QED) is 0.936. The number of benzene rings is 2. The molecule has 2 aromatic carbocycles. The van der Waals surface area contributed by atoms with Gasteiger partial charge in [-0.1, -0.05) is 28.1 Å². The van der Waals surface area contributed by atoms with Crippen molar-refractivity contribution in [3.63, 3.8) is 0 Å². The second kappa shape index (κ2) is 5.54. The molecule has 0 aromatic heterocycles. The van der Waals surface area contributed by atoms with Gasteiger partial charge in [-0.05, 0) is 42.0 Å². The fraction of sp³-hybridized carbons (Fsp3) is 0.312. The van der Waals surface area contributed by atoms with E-state index in [-0.39, 0.29) is 5.91 Å². The van der Waals surface area contributed by atoms with Crippen molar-refractivity contribution in [2.24, 2.45) is 0 Å². The van der Waals surface area contributed by atoms with Gasteiger partial charge >= 0.3 is 0 Å². The number of amides is 1. The Kier molecular flexibility index (Phi) is 3.76. The summed E-state index contributed by atoms with van der Waals surface area (Å²) < 4.78 is 1.06. The lowest BCUT2D eigenvalue weighted by molar-refractivity contribution is 0.0630. The normalized spacial score (nSPS) is 15.1. The van der Waals surface area contributed by atoms with Crippen molar-refractivity contribution in [3.8, 4) is 0 Å². The molecule has 0 radical (unpaired) electrons. The molecule has 0 saturated carbocycles. The first-order chi connectivity index (χ1) is 9.69. The summed E-state index contributed by atoms with van der Waals surface area (Å²) in [5.41, 5.74) is 0.772. The monoisotopic (exact) mass is 332 g/mol. The van der Waals surface area contributed by atoms with Crippen LogP contribution in [0.25, 0.3) is 10.8 Å². The highest BCUT2D eigenvalue weighted by Crippen LogP contribution is 2.22. The van der Waals surface area contributed by atoms with Gasteiger partial charge in [-0.2, -0.15) is 0 Å². The Bertz CT molecular complexity index is 652. The van der Waals surface area contributed by atoms with E-state index in [2.05, 4.69) is 27.3 Å². The van der Waals surface area contributed by atoms with Gasteiger partial charge in [-0.3, -0.25) is 4.79 Å². The van der Waals surface area contributed by atoms with Crippen LogP contribution in [-0.4, -0.2) is 36.5 Å². The van der Waals surface area contributed by atoms with Crippen molar-refractivity contribution >= 4 is 32.6 Å². The third-order valence-corrected chi connectivity index (χ3v) is 4.34. The van der Waals surface area contributed by atoms with E-state index in [0.717, 1.165) is 40.4 Å². The lowest BCUT2D eigenvalue weighted by Crippen LogP contribution is -2.58. The van der Waals surface area contributed by atoms with Crippen LogP contribution in [-0.2, 0) is 0 Å². The fourth-order valence-corrected chi connectivity index (χ4v) is 2.96. The van der Waals surface area contributed by atoms with Crippen molar-refractivity contribution < 1.29 is 4.79 Å². The molecule has 104 valence electrons. The molecule has 0 aliphatic carbocycles. The second-order valence-electron chi connectivity index (χ2n) is 5.11. The predicted octanol–water partition coefficient (Wildman–Crippen LogP) is 3.04. The summed E-state index contributed by atoms with van der Waals surface area (Å²) in [6.45, 7) is 4.60. The molecule has 0 spiro atoms. The first-order valence-corrected chi connectivity index (χ1v) is 7.69. The molecule has 1 amide bonds. The van der Waals surface area contributed by atoms with Gasteiger partial charge in [0.25, 0.3) is 5.91 Å². The number of nitrogens with zero attached hydrogens (tertiary/aromatic N) is 1. The summed E-state index contributed by atoms with van der Waals surface area (Å²) in [7, 11) is 0. The largest absolute Gasteiger partial charge is 0.333 e. The molecule has 2 aromatic rings. The number of carbonyl (C=O) groups excluding carboxylic acids is 1. The van der Waals surface area contributed by atoms with E-state index in [4.69, 9.17) is 0 Å². The maximum atomic E-state index is 12.6. The number of halogens is 1. The van der Waals surface area contributed by atoms with Gasteiger partial charge in [-0.15, -0.1) is 0 Å². The summed E-state index contributed by atoms with van der Waals surface area (Å²) in [5.74, 6) is 0.129. The van der Waals surface area contributed by atoms with Gasteiger partial charge < -0.3 is 10.2 Å². The lowest BCUT2D eigenvalue weighted by Gasteiger charge is -2.37. The Labute approximate surface area is 127 Å². The van der Waals surface area contributed by atoms with Crippen molar-refractivity contribution in [2.75, 3.05) is 19.6 Å². The lowest BCUT2D eigenvalue weighted by atomic mass is 10.0. The maximum absolute atomic E-state index is 12.6. The van der Waals surface area contributed by atoms with E-state index < -0.39 is 0 Å². The molecule has 0 unspecified atom stereocenters. The van der Waals surface area contributed by atoms with Crippen LogP contribution in [0.15, 0.2) is 40.9 Å². The minimum absolute atomic E-state index is 0.129. The van der Waals surface area contributed by atoms with Crippen LogP contribution in [0.3, 0.4) is 0 Å². The van der Waals surface area contributed by atoms with E-state index in [1.807, 2.05) is 42.2 Å². The molecule has 1 fully saturated rings. The third-order valence-electron chi connectivity index (χ3n) is 3.85. The predicted molar refractivity (Wildman–Crippen MR) is 85.0 cm³/mol. The number of fused-ring (bicyclic) bond motifs is 1. The van der Waals surface area contributed by atoms with Crippen LogP contribution < -0.4 is 5.32 Å². The fourth-order valence-electron chi connectivity index (χ4n) is 2.58. The minimum atomic E-state index is 0.129. The zero-order valence-corrected chi connectivity index (χ0v) is 13.0. The van der Waals surface area contributed by atoms with Crippen LogP contribution in [0, 0.1) is 0 Å². The Balaban J connectivity index is 1.92. The van der Waals surface area contributed by atoms with E-state index in [1.165, 1.54) is 0 Å². The van der Waals surface area contributed by atoms with Gasteiger partial charge in [0.15, 0.2) is 0 Å². The smallest absolute Gasteiger partial charge is 0.254 e. The van der Waals surface area contributed by atoms with E-state index in [0.29, 0.717) is 6.04 Å². The molecule has 4 heteroatoms. The van der Waals surface area contributed by atoms with Crippen LogP contribution in [0.5, 0.6) is 0 Å². The zero-order chi connectivity index (χ0) is 14.1. The molecule has 1 heterocycles. The molecule has 1 aliphatic heterocycles. The van der Waals surface area contributed by atoms with E-state index in [1.54, 1.807) is 0 Å². The Morgan fingerprint density at radius 2 is 1.95 bits per heavy atom. The molecular weight excluding hydrogens is 316 g/mol. The van der Waals surface area contributed by atoms with Gasteiger partial charge in [0.1, 0.15) is 0 Å². The van der Waals surface area contributed by atoms with Crippen molar-refractivity contribution in [1.82, 2.24) is 10.2 Å². The zero-order valence-electron chi connectivity index (χ0n) is 11.4. The summed E-state index contributed by atoms with van der Waals surface area (Å²) >= 11 is 3.47. The molecular formula is C16H17BrN2O. The Morgan fingerprint density at radius 3 is 2.60 bits per heavy atom. The number of likely N-dealkylation sites (N-methyl/N-ethyl adjacent to an activating group) is 1. The molecule has 0 bridgehead atoms. The van der Waals surface area contributed by atoms with Crippen LogP contribution in [0.4, 0.5) is 0 Å². The van der Waals surface area contributed by atoms with Gasteiger partial charge in [-0.25, -0.2) is 0 Å². The highest BCUT2D eigenvalue weighted by Gasteiger charge is 2.27. The summed E-state index contributed by atoms with van der Waals surface area (Å²) in [5, 5.41) is 5.46. The molecule has 1 saturated heterocycles.